The molecule has 1 aromatic carbocycles. The minimum Gasteiger partial charge on any atom is -0.482 e. The molecule has 1 heterocycles. The summed E-state index contributed by atoms with van der Waals surface area (Å²) in [6.07, 6.45) is -0.0454. The molecule has 0 bridgehead atoms. The lowest BCUT2D eigenvalue weighted by Crippen LogP contribution is -2.17. The first-order valence-corrected chi connectivity index (χ1v) is 6.91. The van der Waals surface area contributed by atoms with E-state index < -0.39 is 0 Å². The first kappa shape index (κ1) is 11.9. The maximum atomic E-state index is 5.92. The second-order valence-electron chi connectivity index (χ2n) is 3.29. The fourth-order valence-corrected chi connectivity index (χ4v) is 2.67. The predicted molar refractivity (Wildman–Crippen MR) is 75.9 cm³/mol. The van der Waals surface area contributed by atoms with Crippen LogP contribution in [-0.4, -0.2) is 6.54 Å². The summed E-state index contributed by atoms with van der Waals surface area (Å²) in [5.74, 6) is 0.895. The molecule has 1 atom stereocenters. The summed E-state index contributed by atoms with van der Waals surface area (Å²) in [4.78, 5) is 1.17. The third kappa shape index (κ3) is 2.75. The first-order chi connectivity index (χ1) is 7.81. The van der Waals surface area contributed by atoms with Gasteiger partial charge in [-0.1, -0.05) is 18.2 Å². The van der Waals surface area contributed by atoms with Crippen molar-refractivity contribution in [2.45, 2.75) is 6.10 Å². The molecule has 0 fully saturated rings. The Hall–Kier alpha value is -0.590. The standard InChI is InChI=1S/C12H12INOS/c13-9-4-1-2-5-10(9)15-11(8-14)12-6-3-7-16-12/h1-7,11H,8,14H2. The molecule has 1 aromatic heterocycles. The van der Waals surface area contributed by atoms with Gasteiger partial charge in [0, 0.05) is 11.4 Å². The highest BCUT2D eigenvalue weighted by Gasteiger charge is 2.13. The van der Waals surface area contributed by atoms with Crippen molar-refractivity contribution >= 4 is 33.9 Å². The highest BCUT2D eigenvalue weighted by atomic mass is 127. The highest BCUT2D eigenvalue weighted by Crippen LogP contribution is 2.27. The highest BCUT2D eigenvalue weighted by molar-refractivity contribution is 14.1. The number of hydrogen-bond donors (Lipinski definition) is 1. The first-order valence-electron chi connectivity index (χ1n) is 4.96. The third-order valence-corrected chi connectivity index (χ3v) is 4.04. The van der Waals surface area contributed by atoms with Crippen LogP contribution in [0.4, 0.5) is 0 Å². The molecule has 0 aliphatic heterocycles. The van der Waals surface area contributed by atoms with Crippen molar-refractivity contribution in [3.8, 4) is 5.75 Å². The van der Waals surface area contributed by atoms with Gasteiger partial charge in [0.2, 0.25) is 0 Å². The molecule has 0 aliphatic carbocycles. The topological polar surface area (TPSA) is 35.2 Å². The van der Waals surface area contributed by atoms with Gasteiger partial charge in [-0.05, 0) is 46.2 Å². The molecule has 4 heteroatoms. The number of nitrogens with two attached hydrogens (primary N) is 1. The van der Waals surface area contributed by atoms with Crippen molar-refractivity contribution in [3.05, 3.63) is 50.2 Å². The van der Waals surface area contributed by atoms with Crippen LogP contribution >= 0.6 is 33.9 Å². The van der Waals surface area contributed by atoms with Crippen LogP contribution in [0.5, 0.6) is 5.75 Å². The Balaban J connectivity index is 2.17. The van der Waals surface area contributed by atoms with Gasteiger partial charge in [-0.2, -0.15) is 0 Å². The number of thiophene rings is 1. The number of halogens is 1. The van der Waals surface area contributed by atoms with Gasteiger partial charge in [0.15, 0.2) is 0 Å². The van der Waals surface area contributed by atoms with Crippen LogP contribution in [-0.2, 0) is 0 Å². The smallest absolute Gasteiger partial charge is 0.145 e. The molecule has 16 heavy (non-hydrogen) atoms. The van der Waals surface area contributed by atoms with E-state index in [1.807, 2.05) is 35.7 Å². The summed E-state index contributed by atoms with van der Waals surface area (Å²) in [5, 5.41) is 2.04. The Morgan fingerprint density at radius 3 is 2.69 bits per heavy atom. The largest absolute Gasteiger partial charge is 0.482 e. The average molecular weight is 345 g/mol. The average Bonchev–Trinajstić information content (AvgIpc) is 2.81. The Bertz CT molecular complexity index is 444. The summed E-state index contributed by atoms with van der Waals surface area (Å²) < 4.78 is 7.02. The van der Waals surface area contributed by atoms with E-state index in [0.717, 1.165) is 9.32 Å². The SMILES string of the molecule is NCC(Oc1ccccc1I)c1cccs1. The maximum Gasteiger partial charge on any atom is 0.145 e. The molecule has 1 unspecified atom stereocenters. The maximum absolute atomic E-state index is 5.92. The molecule has 2 aromatic rings. The zero-order chi connectivity index (χ0) is 11.4. The fourth-order valence-electron chi connectivity index (χ4n) is 1.39. The Morgan fingerprint density at radius 1 is 1.25 bits per heavy atom. The van der Waals surface area contributed by atoms with Crippen LogP contribution in [0.1, 0.15) is 11.0 Å². The molecule has 0 saturated heterocycles. The molecule has 0 radical (unpaired) electrons. The molecule has 2 rings (SSSR count). The van der Waals surface area contributed by atoms with Gasteiger partial charge in [-0.3, -0.25) is 0 Å². The summed E-state index contributed by atoms with van der Waals surface area (Å²) in [6, 6.07) is 12.0. The van der Waals surface area contributed by atoms with Crippen molar-refractivity contribution in [1.29, 1.82) is 0 Å². The molecule has 2 nitrogen and oxygen atoms in total. The lowest BCUT2D eigenvalue weighted by atomic mass is 10.3. The summed E-state index contributed by atoms with van der Waals surface area (Å²) >= 11 is 3.94. The zero-order valence-corrected chi connectivity index (χ0v) is 11.6. The van der Waals surface area contributed by atoms with Gasteiger partial charge in [-0.15, -0.1) is 11.3 Å². The van der Waals surface area contributed by atoms with Gasteiger partial charge in [0.25, 0.3) is 0 Å². The van der Waals surface area contributed by atoms with Crippen molar-refractivity contribution < 1.29 is 4.74 Å². The van der Waals surface area contributed by atoms with Crippen LogP contribution < -0.4 is 10.5 Å². The zero-order valence-electron chi connectivity index (χ0n) is 8.60. The van der Waals surface area contributed by atoms with Gasteiger partial charge < -0.3 is 10.5 Å². The molecule has 0 amide bonds. The lowest BCUT2D eigenvalue weighted by molar-refractivity contribution is 0.216. The number of hydrogen-bond acceptors (Lipinski definition) is 3. The van der Waals surface area contributed by atoms with Crippen molar-refractivity contribution in [2.75, 3.05) is 6.54 Å². The normalized spacial score (nSPS) is 12.4. The molecular formula is C12H12INOS. The molecule has 84 valence electrons. The van der Waals surface area contributed by atoms with E-state index in [2.05, 4.69) is 28.7 Å². The van der Waals surface area contributed by atoms with Crippen LogP contribution in [0.15, 0.2) is 41.8 Å². The van der Waals surface area contributed by atoms with E-state index in [1.165, 1.54) is 4.88 Å². The monoisotopic (exact) mass is 345 g/mol. The second-order valence-corrected chi connectivity index (χ2v) is 5.43. The quantitative estimate of drug-likeness (QED) is 0.862. The summed E-state index contributed by atoms with van der Waals surface area (Å²) in [7, 11) is 0. The van der Waals surface area contributed by atoms with E-state index in [1.54, 1.807) is 11.3 Å². The molecule has 0 saturated carbocycles. The van der Waals surface area contributed by atoms with Crippen LogP contribution in [0.25, 0.3) is 0 Å². The van der Waals surface area contributed by atoms with E-state index in [9.17, 15) is 0 Å². The van der Waals surface area contributed by atoms with E-state index in [4.69, 9.17) is 10.5 Å². The predicted octanol–water partition coefficient (Wildman–Crippen LogP) is 3.43. The minimum absolute atomic E-state index is 0.0454. The van der Waals surface area contributed by atoms with Gasteiger partial charge >= 0.3 is 0 Å². The Morgan fingerprint density at radius 2 is 2.06 bits per heavy atom. The number of benzene rings is 1. The van der Waals surface area contributed by atoms with E-state index >= 15 is 0 Å². The van der Waals surface area contributed by atoms with Crippen LogP contribution in [0.3, 0.4) is 0 Å². The molecular weight excluding hydrogens is 333 g/mol. The van der Waals surface area contributed by atoms with Crippen LogP contribution in [0.2, 0.25) is 0 Å². The van der Waals surface area contributed by atoms with Gasteiger partial charge in [-0.25, -0.2) is 0 Å². The van der Waals surface area contributed by atoms with Crippen molar-refractivity contribution in [2.24, 2.45) is 5.73 Å². The molecule has 2 N–H and O–H groups in total. The summed E-state index contributed by atoms with van der Waals surface area (Å²) in [6.45, 7) is 0.492. The fraction of sp³-hybridized carbons (Fsp3) is 0.167. The van der Waals surface area contributed by atoms with E-state index in [-0.39, 0.29) is 6.10 Å². The van der Waals surface area contributed by atoms with Crippen molar-refractivity contribution in [3.63, 3.8) is 0 Å². The number of para-hydroxylation sites is 1. The van der Waals surface area contributed by atoms with E-state index in [0.29, 0.717) is 6.54 Å². The minimum atomic E-state index is -0.0454. The number of rotatable bonds is 4. The van der Waals surface area contributed by atoms with Crippen LogP contribution in [0, 0.1) is 3.57 Å². The molecule has 0 spiro atoms. The third-order valence-electron chi connectivity index (χ3n) is 2.18. The lowest BCUT2D eigenvalue weighted by Gasteiger charge is -2.16. The number of ether oxygens (including phenoxy) is 1. The summed E-state index contributed by atoms with van der Waals surface area (Å²) in [5.41, 5.74) is 5.74. The Labute approximate surface area is 113 Å². The van der Waals surface area contributed by atoms with Gasteiger partial charge in [0.1, 0.15) is 11.9 Å². The molecule has 0 aliphatic rings. The second kappa shape index (κ2) is 5.65. The van der Waals surface area contributed by atoms with Crippen molar-refractivity contribution in [1.82, 2.24) is 0 Å². The Kier molecular flexibility index (Phi) is 4.20. The van der Waals surface area contributed by atoms with Gasteiger partial charge in [0.05, 0.1) is 3.57 Å².